The average Bonchev–Trinajstić information content (AvgIpc) is 3.02. The quantitative estimate of drug-likeness (QED) is 0.594. The Hall–Kier alpha value is -1.83. The van der Waals surface area contributed by atoms with Gasteiger partial charge in [-0.1, -0.05) is 63.9 Å². The van der Waals surface area contributed by atoms with Crippen molar-refractivity contribution in [3.8, 4) is 12.3 Å². The fraction of sp³-hybridized carbons (Fsp3) is 0.550. The molecule has 0 radical (unpaired) electrons. The normalized spacial score (nSPS) is 21.4. The maximum Gasteiger partial charge on any atom is 0.304 e. The van der Waals surface area contributed by atoms with Crippen LogP contribution in [0.25, 0.3) is 0 Å². The lowest BCUT2D eigenvalue weighted by Gasteiger charge is -2.23. The van der Waals surface area contributed by atoms with Crippen LogP contribution >= 0.6 is 0 Å². The van der Waals surface area contributed by atoms with Crippen LogP contribution in [-0.4, -0.2) is 24.5 Å². The van der Waals surface area contributed by atoms with Crippen LogP contribution in [0.15, 0.2) is 30.3 Å². The molecule has 2 atom stereocenters. The van der Waals surface area contributed by atoms with Crippen LogP contribution in [0.1, 0.15) is 53.0 Å². The van der Waals surface area contributed by atoms with Gasteiger partial charge in [-0.3, -0.25) is 4.79 Å². The molecule has 0 aromatic heterocycles. The third-order valence-electron chi connectivity index (χ3n) is 3.15. The highest BCUT2D eigenvalue weighted by Gasteiger charge is 2.40. The molecule has 134 valence electrons. The molecule has 2 unspecified atom stereocenters. The van der Waals surface area contributed by atoms with Crippen molar-refractivity contribution in [3.05, 3.63) is 35.9 Å². The standard InChI is InChI=1S/C16H18O4.2C2H6/c1-3-16(10-9-15(20-16)19-13(2)17)12-18-11-14-7-5-4-6-8-14;2*1-2/h1,4-8,15H,9-12H2,2H3;2*1-2H3. The zero-order valence-corrected chi connectivity index (χ0v) is 15.5. The summed E-state index contributed by atoms with van der Waals surface area (Å²) in [6, 6.07) is 9.84. The van der Waals surface area contributed by atoms with E-state index in [-0.39, 0.29) is 12.6 Å². The molecule has 0 saturated carbocycles. The molecule has 0 amide bonds. The molecule has 1 aliphatic rings. The van der Waals surface area contributed by atoms with Crippen molar-refractivity contribution in [2.24, 2.45) is 0 Å². The maximum atomic E-state index is 10.9. The van der Waals surface area contributed by atoms with Crippen LogP contribution in [0.4, 0.5) is 0 Å². The highest BCUT2D eigenvalue weighted by atomic mass is 16.7. The molecule has 1 fully saturated rings. The third kappa shape index (κ3) is 7.63. The van der Waals surface area contributed by atoms with Crippen LogP contribution in [0.5, 0.6) is 0 Å². The summed E-state index contributed by atoms with van der Waals surface area (Å²) in [6.45, 7) is 10.1. The lowest BCUT2D eigenvalue weighted by molar-refractivity contribution is -0.184. The molecule has 1 saturated heterocycles. The first-order valence-electron chi connectivity index (χ1n) is 8.58. The zero-order chi connectivity index (χ0) is 18.4. The monoisotopic (exact) mass is 334 g/mol. The highest BCUT2D eigenvalue weighted by Crippen LogP contribution is 2.31. The minimum Gasteiger partial charge on any atom is -0.436 e. The second-order valence-electron chi connectivity index (χ2n) is 4.81. The maximum absolute atomic E-state index is 10.9. The second-order valence-corrected chi connectivity index (χ2v) is 4.81. The second kappa shape index (κ2) is 12.6. The Labute approximate surface area is 146 Å². The minimum atomic E-state index is -0.797. The lowest BCUT2D eigenvalue weighted by atomic mass is 10.0. The van der Waals surface area contributed by atoms with Gasteiger partial charge in [0.05, 0.1) is 13.2 Å². The smallest absolute Gasteiger partial charge is 0.304 e. The van der Waals surface area contributed by atoms with E-state index in [2.05, 4.69) is 5.92 Å². The minimum absolute atomic E-state index is 0.288. The third-order valence-corrected chi connectivity index (χ3v) is 3.15. The summed E-state index contributed by atoms with van der Waals surface area (Å²) in [5.74, 6) is 2.26. The molecule has 2 rings (SSSR count). The van der Waals surface area contributed by atoms with E-state index in [1.807, 2.05) is 58.0 Å². The topological polar surface area (TPSA) is 44.8 Å². The number of hydrogen-bond donors (Lipinski definition) is 0. The molecule has 1 heterocycles. The van der Waals surface area contributed by atoms with Crippen molar-refractivity contribution in [2.45, 2.75) is 66.0 Å². The Morgan fingerprint density at radius 2 is 1.92 bits per heavy atom. The number of ether oxygens (including phenoxy) is 3. The van der Waals surface area contributed by atoms with E-state index in [9.17, 15) is 4.79 Å². The summed E-state index contributed by atoms with van der Waals surface area (Å²) >= 11 is 0. The van der Waals surface area contributed by atoms with Crippen molar-refractivity contribution in [1.82, 2.24) is 0 Å². The first kappa shape index (κ1) is 22.2. The van der Waals surface area contributed by atoms with Crippen LogP contribution in [-0.2, 0) is 25.6 Å². The summed E-state index contributed by atoms with van der Waals surface area (Å²) in [5.41, 5.74) is 0.281. The van der Waals surface area contributed by atoms with E-state index in [4.69, 9.17) is 20.6 Å². The number of carbonyl (C=O) groups excluding carboxylic acids is 1. The van der Waals surface area contributed by atoms with E-state index < -0.39 is 11.9 Å². The highest BCUT2D eigenvalue weighted by molar-refractivity contribution is 5.66. The van der Waals surface area contributed by atoms with Gasteiger partial charge in [-0.05, 0) is 12.0 Å². The number of esters is 1. The van der Waals surface area contributed by atoms with Crippen LogP contribution in [0, 0.1) is 12.3 Å². The molecule has 24 heavy (non-hydrogen) atoms. The number of rotatable bonds is 5. The summed E-state index contributed by atoms with van der Waals surface area (Å²) in [4.78, 5) is 10.9. The van der Waals surface area contributed by atoms with Gasteiger partial charge in [0, 0.05) is 13.3 Å². The summed E-state index contributed by atoms with van der Waals surface area (Å²) in [5, 5.41) is 0. The van der Waals surface area contributed by atoms with Crippen LogP contribution in [0.3, 0.4) is 0 Å². The molecule has 0 spiro atoms. The molecule has 0 N–H and O–H groups in total. The van der Waals surface area contributed by atoms with E-state index in [0.29, 0.717) is 19.4 Å². The number of terminal acetylenes is 1. The molecule has 1 aromatic carbocycles. The Morgan fingerprint density at radius 1 is 1.29 bits per heavy atom. The van der Waals surface area contributed by atoms with Gasteiger partial charge in [-0.2, -0.15) is 0 Å². The molecule has 4 nitrogen and oxygen atoms in total. The lowest BCUT2D eigenvalue weighted by Crippen LogP contribution is -2.34. The Morgan fingerprint density at radius 3 is 2.46 bits per heavy atom. The van der Waals surface area contributed by atoms with Gasteiger partial charge in [0.15, 0.2) is 5.60 Å². The SMILES string of the molecule is C#CC1(COCc2ccccc2)CCC(OC(C)=O)O1.CC.CC. The van der Waals surface area contributed by atoms with Gasteiger partial charge in [-0.25, -0.2) is 0 Å². The first-order valence-corrected chi connectivity index (χ1v) is 8.58. The van der Waals surface area contributed by atoms with Gasteiger partial charge in [0.2, 0.25) is 6.29 Å². The van der Waals surface area contributed by atoms with Crippen molar-refractivity contribution in [1.29, 1.82) is 0 Å². The van der Waals surface area contributed by atoms with Crippen molar-refractivity contribution >= 4 is 5.97 Å². The van der Waals surface area contributed by atoms with E-state index >= 15 is 0 Å². The molecular formula is C20H30O4. The van der Waals surface area contributed by atoms with Crippen LogP contribution in [0.2, 0.25) is 0 Å². The first-order chi connectivity index (χ1) is 11.6. The van der Waals surface area contributed by atoms with Gasteiger partial charge >= 0.3 is 5.97 Å². The van der Waals surface area contributed by atoms with E-state index in [1.165, 1.54) is 6.92 Å². The van der Waals surface area contributed by atoms with Gasteiger partial charge in [0.1, 0.15) is 0 Å². The molecule has 0 bridgehead atoms. The zero-order valence-electron chi connectivity index (χ0n) is 15.5. The molecule has 0 aliphatic carbocycles. The number of hydrogen-bond acceptors (Lipinski definition) is 4. The Kier molecular flexibility index (Phi) is 11.6. The summed E-state index contributed by atoms with van der Waals surface area (Å²) in [6.07, 6.45) is 6.20. The number of carbonyl (C=O) groups is 1. The van der Waals surface area contributed by atoms with Crippen molar-refractivity contribution in [3.63, 3.8) is 0 Å². The van der Waals surface area contributed by atoms with Crippen molar-refractivity contribution < 1.29 is 19.0 Å². The molecule has 1 aliphatic heterocycles. The molecular weight excluding hydrogens is 304 g/mol. The Balaban J connectivity index is 0.00000123. The van der Waals surface area contributed by atoms with Gasteiger partial charge in [-0.15, -0.1) is 6.42 Å². The fourth-order valence-electron chi connectivity index (χ4n) is 2.15. The van der Waals surface area contributed by atoms with E-state index in [0.717, 1.165) is 5.56 Å². The van der Waals surface area contributed by atoms with Gasteiger partial charge in [0.25, 0.3) is 0 Å². The Bertz CT molecular complexity index is 492. The fourth-order valence-corrected chi connectivity index (χ4v) is 2.15. The molecule has 1 aromatic rings. The summed E-state index contributed by atoms with van der Waals surface area (Å²) < 4.78 is 16.3. The summed E-state index contributed by atoms with van der Waals surface area (Å²) in [7, 11) is 0. The number of benzene rings is 1. The van der Waals surface area contributed by atoms with Crippen molar-refractivity contribution in [2.75, 3.05) is 6.61 Å². The predicted octanol–water partition coefficient (Wildman–Crippen LogP) is 4.33. The predicted molar refractivity (Wildman–Crippen MR) is 96.2 cm³/mol. The van der Waals surface area contributed by atoms with E-state index in [1.54, 1.807) is 0 Å². The molecule has 4 heteroatoms. The average molecular weight is 334 g/mol. The van der Waals surface area contributed by atoms with Gasteiger partial charge < -0.3 is 14.2 Å². The largest absolute Gasteiger partial charge is 0.436 e. The van der Waals surface area contributed by atoms with Crippen LogP contribution < -0.4 is 0 Å².